The smallest absolute Gasteiger partial charge is 0.295 e. The minimum Gasteiger partial charge on any atom is -0.508 e. The number of carbonyl (C=O) groups excluding carboxylic acids is 2. The van der Waals surface area contributed by atoms with Crippen LogP contribution in [0.15, 0.2) is 48.0 Å². The molecule has 0 saturated carbocycles. The van der Waals surface area contributed by atoms with Crippen molar-refractivity contribution in [1.29, 1.82) is 0 Å². The molecule has 1 unspecified atom stereocenters. The number of phenols is 1. The minimum absolute atomic E-state index is 0.00856. The number of rotatable bonds is 8. The highest BCUT2D eigenvalue weighted by atomic mass is 19.1. The number of ether oxygens (including phenoxy) is 1. The summed E-state index contributed by atoms with van der Waals surface area (Å²) in [4.78, 5) is 29.4. The third-order valence-electron chi connectivity index (χ3n) is 5.70. The zero-order valence-corrected chi connectivity index (χ0v) is 18.3. The summed E-state index contributed by atoms with van der Waals surface area (Å²) >= 11 is 0. The predicted octanol–water partition coefficient (Wildman–Crippen LogP) is 3.30. The molecule has 32 heavy (non-hydrogen) atoms. The molecular formula is C24H27FN2O5. The van der Waals surface area contributed by atoms with E-state index in [1.807, 2.05) is 13.8 Å². The molecule has 8 heteroatoms. The fourth-order valence-corrected chi connectivity index (χ4v) is 3.91. The number of nitrogens with zero attached hydrogens (tertiary/aromatic N) is 2. The van der Waals surface area contributed by atoms with Crippen LogP contribution in [0.4, 0.5) is 4.39 Å². The fraction of sp³-hybridized carbons (Fsp3) is 0.333. The molecule has 1 aliphatic heterocycles. The first kappa shape index (κ1) is 23.3. The number of hydrogen-bond donors (Lipinski definition) is 2. The number of likely N-dealkylation sites (N-methyl/N-ethyl adjacent to an activating group) is 1. The highest BCUT2D eigenvalue weighted by Crippen LogP contribution is 2.40. The van der Waals surface area contributed by atoms with E-state index in [9.17, 15) is 24.2 Å². The van der Waals surface area contributed by atoms with Gasteiger partial charge >= 0.3 is 0 Å². The second-order valence-corrected chi connectivity index (χ2v) is 7.46. The molecule has 2 aromatic carbocycles. The Hall–Kier alpha value is -3.39. The van der Waals surface area contributed by atoms with Gasteiger partial charge in [0, 0.05) is 18.7 Å². The first-order chi connectivity index (χ1) is 15.3. The van der Waals surface area contributed by atoms with Crippen molar-refractivity contribution in [1.82, 2.24) is 9.80 Å². The van der Waals surface area contributed by atoms with E-state index in [0.29, 0.717) is 12.1 Å². The number of amides is 1. The maximum Gasteiger partial charge on any atom is 0.295 e. The molecule has 1 heterocycles. The normalized spacial score (nSPS) is 17.9. The van der Waals surface area contributed by atoms with Crippen LogP contribution in [0.2, 0.25) is 0 Å². The summed E-state index contributed by atoms with van der Waals surface area (Å²) in [5, 5.41) is 21.0. The van der Waals surface area contributed by atoms with Gasteiger partial charge in [0.25, 0.3) is 11.7 Å². The molecule has 170 valence electrons. The number of carbonyl (C=O) groups is 2. The van der Waals surface area contributed by atoms with Crippen LogP contribution in [0, 0.1) is 5.82 Å². The van der Waals surface area contributed by atoms with Gasteiger partial charge in [-0.05, 0) is 49.0 Å². The van der Waals surface area contributed by atoms with Crippen LogP contribution in [0.3, 0.4) is 0 Å². The van der Waals surface area contributed by atoms with E-state index in [1.165, 1.54) is 36.3 Å². The Morgan fingerprint density at radius 1 is 1.16 bits per heavy atom. The van der Waals surface area contributed by atoms with Crippen LogP contribution < -0.4 is 4.74 Å². The van der Waals surface area contributed by atoms with Crippen molar-refractivity contribution >= 4 is 17.4 Å². The van der Waals surface area contributed by atoms with Gasteiger partial charge in [0.15, 0.2) is 11.6 Å². The van der Waals surface area contributed by atoms with Crippen molar-refractivity contribution in [2.45, 2.75) is 19.9 Å². The van der Waals surface area contributed by atoms with Gasteiger partial charge in [-0.25, -0.2) is 4.39 Å². The Bertz CT molecular complexity index is 1050. The van der Waals surface area contributed by atoms with Gasteiger partial charge in [0.1, 0.15) is 11.5 Å². The number of phenolic OH excluding ortho intramolecular Hbond substituents is 1. The first-order valence-electron chi connectivity index (χ1n) is 10.5. The second-order valence-electron chi connectivity index (χ2n) is 7.46. The van der Waals surface area contributed by atoms with Crippen LogP contribution in [0.1, 0.15) is 31.0 Å². The number of hydrogen-bond acceptors (Lipinski definition) is 6. The molecule has 0 aromatic heterocycles. The fourth-order valence-electron chi connectivity index (χ4n) is 3.91. The summed E-state index contributed by atoms with van der Waals surface area (Å²) in [6.07, 6.45) is 0. The third kappa shape index (κ3) is 4.45. The number of aromatic hydroxyl groups is 1. The van der Waals surface area contributed by atoms with Gasteiger partial charge in [-0.1, -0.05) is 26.0 Å². The Labute approximate surface area is 186 Å². The van der Waals surface area contributed by atoms with Gasteiger partial charge in [-0.2, -0.15) is 0 Å². The average molecular weight is 442 g/mol. The van der Waals surface area contributed by atoms with Crippen molar-refractivity contribution in [3.63, 3.8) is 0 Å². The summed E-state index contributed by atoms with van der Waals surface area (Å²) in [6.45, 7) is 6.35. The van der Waals surface area contributed by atoms with E-state index in [2.05, 4.69) is 4.90 Å². The van der Waals surface area contributed by atoms with Gasteiger partial charge in [0.2, 0.25) is 0 Å². The largest absolute Gasteiger partial charge is 0.508 e. The zero-order valence-electron chi connectivity index (χ0n) is 18.3. The molecule has 1 amide bonds. The van der Waals surface area contributed by atoms with Gasteiger partial charge in [-0.15, -0.1) is 0 Å². The number of likely N-dealkylation sites (tertiary alicyclic amines) is 1. The number of aliphatic hydroxyl groups is 1. The molecule has 2 aromatic rings. The van der Waals surface area contributed by atoms with E-state index >= 15 is 0 Å². The number of ketones is 1. The van der Waals surface area contributed by atoms with Crippen LogP contribution >= 0.6 is 0 Å². The molecule has 1 fully saturated rings. The van der Waals surface area contributed by atoms with Crippen molar-refractivity contribution in [2.75, 3.05) is 33.3 Å². The lowest BCUT2D eigenvalue weighted by atomic mass is 9.95. The zero-order chi connectivity index (χ0) is 23.4. The SMILES string of the molecule is CCN(CC)CCN1C(=O)C(=O)/C(=C(/O)c2ccc(OC)c(F)c2)C1c1cccc(O)c1. The summed E-state index contributed by atoms with van der Waals surface area (Å²) < 4.78 is 19.2. The molecule has 1 aliphatic rings. The van der Waals surface area contributed by atoms with Crippen LogP contribution in [0.5, 0.6) is 11.5 Å². The highest BCUT2D eigenvalue weighted by molar-refractivity contribution is 6.46. The van der Waals surface area contributed by atoms with E-state index in [-0.39, 0.29) is 29.2 Å². The standard InChI is InChI=1S/C24H27FN2O5/c1-4-26(5-2)11-12-27-21(15-7-6-8-17(28)13-15)20(23(30)24(27)31)22(29)16-9-10-19(32-3)18(25)14-16/h6-10,13-14,21,28-29H,4-5,11-12H2,1-3H3/b22-20+. The molecular weight excluding hydrogens is 415 g/mol. The topological polar surface area (TPSA) is 90.3 Å². The number of halogens is 1. The van der Waals surface area contributed by atoms with Crippen LogP contribution in [-0.2, 0) is 9.59 Å². The Balaban J connectivity index is 2.12. The van der Waals surface area contributed by atoms with Crippen LogP contribution in [-0.4, -0.2) is 65.0 Å². The monoisotopic (exact) mass is 442 g/mol. The molecule has 0 bridgehead atoms. The highest BCUT2D eigenvalue weighted by Gasteiger charge is 2.46. The predicted molar refractivity (Wildman–Crippen MR) is 118 cm³/mol. The minimum atomic E-state index is -0.914. The number of methoxy groups -OCH3 is 1. The number of aliphatic hydroxyl groups excluding tert-OH is 1. The lowest BCUT2D eigenvalue weighted by Gasteiger charge is -2.28. The molecule has 7 nitrogen and oxygen atoms in total. The quantitative estimate of drug-likeness (QED) is 0.370. The van der Waals surface area contributed by atoms with E-state index < -0.39 is 29.3 Å². The lowest BCUT2D eigenvalue weighted by Crippen LogP contribution is -2.38. The van der Waals surface area contributed by atoms with E-state index in [1.54, 1.807) is 12.1 Å². The maximum atomic E-state index is 14.2. The number of Topliss-reactive ketones (excluding diaryl/α,β-unsaturated/α-hetero) is 1. The Morgan fingerprint density at radius 3 is 2.47 bits per heavy atom. The summed E-state index contributed by atoms with van der Waals surface area (Å²) in [5.41, 5.74) is 0.374. The van der Waals surface area contributed by atoms with Crippen molar-refractivity contribution < 1.29 is 28.9 Å². The van der Waals surface area contributed by atoms with Crippen LogP contribution in [0.25, 0.3) is 5.76 Å². The average Bonchev–Trinajstić information content (AvgIpc) is 3.04. The van der Waals surface area contributed by atoms with Crippen molar-refractivity contribution in [3.05, 3.63) is 65.0 Å². The third-order valence-corrected chi connectivity index (χ3v) is 5.70. The molecule has 1 saturated heterocycles. The molecule has 0 spiro atoms. The second kappa shape index (κ2) is 9.82. The maximum absolute atomic E-state index is 14.2. The lowest BCUT2D eigenvalue weighted by molar-refractivity contribution is -0.140. The van der Waals surface area contributed by atoms with Gasteiger partial charge in [-0.3, -0.25) is 9.59 Å². The van der Waals surface area contributed by atoms with Gasteiger partial charge in [0.05, 0.1) is 18.7 Å². The van der Waals surface area contributed by atoms with Crippen molar-refractivity contribution in [3.8, 4) is 11.5 Å². The number of benzene rings is 2. The molecule has 0 radical (unpaired) electrons. The summed E-state index contributed by atoms with van der Waals surface area (Å²) in [7, 11) is 1.32. The molecule has 1 atom stereocenters. The van der Waals surface area contributed by atoms with E-state index in [4.69, 9.17) is 4.74 Å². The Morgan fingerprint density at radius 2 is 1.88 bits per heavy atom. The Kier molecular flexibility index (Phi) is 7.15. The summed E-state index contributed by atoms with van der Waals surface area (Å²) in [5.74, 6) is -2.84. The molecule has 2 N–H and O–H groups in total. The van der Waals surface area contributed by atoms with Crippen molar-refractivity contribution in [2.24, 2.45) is 0 Å². The molecule has 3 rings (SSSR count). The van der Waals surface area contributed by atoms with Gasteiger partial charge < -0.3 is 24.7 Å². The molecule has 0 aliphatic carbocycles. The summed E-state index contributed by atoms with van der Waals surface area (Å²) in [6, 6.07) is 9.09. The first-order valence-corrected chi connectivity index (χ1v) is 10.5. The van der Waals surface area contributed by atoms with E-state index in [0.717, 1.165) is 19.2 Å².